The second-order valence-electron chi connectivity index (χ2n) is 4.31. The van der Waals surface area contributed by atoms with Crippen molar-refractivity contribution in [3.63, 3.8) is 0 Å². The number of nitrogens with zero attached hydrogens (tertiary/aromatic N) is 1. The lowest BCUT2D eigenvalue weighted by Gasteiger charge is -2.14. The number of rotatable bonds is 4. The topological polar surface area (TPSA) is 15.3 Å². The van der Waals surface area contributed by atoms with Crippen molar-refractivity contribution >= 4 is 0 Å². The van der Waals surface area contributed by atoms with Crippen molar-refractivity contribution in [2.24, 2.45) is 5.92 Å². The Bertz CT molecular complexity index is 143. The Morgan fingerprint density at radius 1 is 1.33 bits per heavy atom. The van der Waals surface area contributed by atoms with E-state index in [-0.39, 0.29) is 0 Å². The highest BCUT2D eigenvalue weighted by molar-refractivity contribution is 4.81. The Labute approximate surface area is 75.3 Å². The zero-order chi connectivity index (χ0) is 8.39. The third-order valence-electron chi connectivity index (χ3n) is 3.23. The van der Waals surface area contributed by atoms with E-state index in [2.05, 4.69) is 17.3 Å². The van der Waals surface area contributed by atoms with Crippen molar-refractivity contribution in [2.45, 2.75) is 31.7 Å². The smallest absolute Gasteiger partial charge is 0.0204 e. The molecule has 1 atom stereocenters. The molecule has 1 aliphatic heterocycles. The SMILES string of the molecule is CNC1CCN(CCC2CC2)C1. The van der Waals surface area contributed by atoms with Gasteiger partial charge in [-0.15, -0.1) is 0 Å². The van der Waals surface area contributed by atoms with Gasteiger partial charge in [0, 0.05) is 12.6 Å². The van der Waals surface area contributed by atoms with Crippen LogP contribution in [-0.2, 0) is 0 Å². The van der Waals surface area contributed by atoms with Crippen LogP contribution in [0.1, 0.15) is 25.7 Å². The van der Waals surface area contributed by atoms with Crippen LogP contribution in [0, 0.1) is 5.92 Å². The average Bonchev–Trinajstić information content (AvgIpc) is 2.81. The summed E-state index contributed by atoms with van der Waals surface area (Å²) in [5, 5.41) is 3.36. The van der Waals surface area contributed by atoms with Crippen molar-refractivity contribution in [3.05, 3.63) is 0 Å². The first kappa shape index (κ1) is 8.52. The van der Waals surface area contributed by atoms with Gasteiger partial charge >= 0.3 is 0 Å². The van der Waals surface area contributed by atoms with E-state index in [1.54, 1.807) is 0 Å². The van der Waals surface area contributed by atoms with Gasteiger partial charge in [0.15, 0.2) is 0 Å². The number of likely N-dealkylation sites (tertiary alicyclic amines) is 1. The summed E-state index contributed by atoms with van der Waals surface area (Å²) in [4.78, 5) is 2.61. The standard InChI is InChI=1S/C10H20N2/c1-11-10-5-7-12(8-10)6-4-9-2-3-9/h9-11H,2-8H2,1H3. The first-order valence-electron chi connectivity index (χ1n) is 5.28. The van der Waals surface area contributed by atoms with E-state index < -0.39 is 0 Å². The molecule has 1 heterocycles. The number of hydrogen-bond acceptors (Lipinski definition) is 2. The van der Waals surface area contributed by atoms with Gasteiger partial charge in [-0.3, -0.25) is 0 Å². The van der Waals surface area contributed by atoms with E-state index in [4.69, 9.17) is 0 Å². The molecule has 70 valence electrons. The molecule has 0 bridgehead atoms. The largest absolute Gasteiger partial charge is 0.316 e. The molecule has 0 radical (unpaired) electrons. The third-order valence-corrected chi connectivity index (χ3v) is 3.23. The molecule has 1 saturated carbocycles. The minimum absolute atomic E-state index is 0.768. The predicted molar refractivity (Wildman–Crippen MR) is 51.2 cm³/mol. The Balaban J connectivity index is 1.61. The lowest BCUT2D eigenvalue weighted by molar-refractivity contribution is 0.318. The lowest BCUT2D eigenvalue weighted by atomic mass is 10.3. The number of likely N-dealkylation sites (N-methyl/N-ethyl adjacent to an activating group) is 1. The molecule has 1 unspecified atom stereocenters. The van der Waals surface area contributed by atoms with E-state index >= 15 is 0 Å². The van der Waals surface area contributed by atoms with Crippen molar-refractivity contribution in [3.8, 4) is 0 Å². The van der Waals surface area contributed by atoms with Crippen molar-refractivity contribution in [1.29, 1.82) is 0 Å². The summed E-state index contributed by atoms with van der Waals surface area (Å²) >= 11 is 0. The molecule has 1 N–H and O–H groups in total. The van der Waals surface area contributed by atoms with E-state index in [0.29, 0.717) is 0 Å². The molecule has 12 heavy (non-hydrogen) atoms. The maximum absolute atomic E-state index is 3.36. The summed E-state index contributed by atoms with van der Waals surface area (Å²) in [6.07, 6.45) is 5.81. The molecule has 2 fully saturated rings. The molecule has 0 aromatic carbocycles. The molecule has 0 aromatic rings. The van der Waals surface area contributed by atoms with Crippen LogP contribution in [0.25, 0.3) is 0 Å². The summed E-state index contributed by atoms with van der Waals surface area (Å²) in [7, 11) is 2.08. The van der Waals surface area contributed by atoms with Crippen LogP contribution in [-0.4, -0.2) is 37.6 Å². The van der Waals surface area contributed by atoms with E-state index in [9.17, 15) is 0 Å². The van der Waals surface area contributed by atoms with Crippen LogP contribution in [0.15, 0.2) is 0 Å². The minimum atomic E-state index is 0.768. The monoisotopic (exact) mass is 168 g/mol. The summed E-state index contributed by atoms with van der Waals surface area (Å²) in [5.41, 5.74) is 0. The van der Waals surface area contributed by atoms with Gasteiger partial charge in [0.05, 0.1) is 0 Å². The van der Waals surface area contributed by atoms with Crippen LogP contribution < -0.4 is 5.32 Å². The van der Waals surface area contributed by atoms with Gasteiger partial charge in [0.1, 0.15) is 0 Å². The lowest BCUT2D eigenvalue weighted by Crippen LogP contribution is -2.30. The van der Waals surface area contributed by atoms with Crippen LogP contribution in [0.3, 0.4) is 0 Å². The Morgan fingerprint density at radius 2 is 2.17 bits per heavy atom. The molecule has 1 saturated heterocycles. The Hall–Kier alpha value is -0.0800. The summed E-state index contributed by atoms with van der Waals surface area (Å²) < 4.78 is 0. The fourth-order valence-electron chi connectivity index (χ4n) is 2.04. The van der Waals surface area contributed by atoms with Gasteiger partial charge in [0.25, 0.3) is 0 Å². The minimum Gasteiger partial charge on any atom is -0.316 e. The van der Waals surface area contributed by atoms with E-state index in [1.807, 2.05) is 0 Å². The first-order chi connectivity index (χ1) is 5.88. The zero-order valence-corrected chi connectivity index (χ0v) is 8.05. The quantitative estimate of drug-likeness (QED) is 0.676. The van der Waals surface area contributed by atoms with Crippen molar-refractivity contribution in [2.75, 3.05) is 26.7 Å². The molecule has 0 spiro atoms. The number of nitrogens with one attached hydrogen (secondary N) is 1. The molecule has 0 amide bonds. The highest BCUT2D eigenvalue weighted by Gasteiger charge is 2.25. The fourth-order valence-corrected chi connectivity index (χ4v) is 2.04. The highest BCUT2D eigenvalue weighted by atomic mass is 15.2. The molecule has 2 aliphatic rings. The van der Waals surface area contributed by atoms with Crippen LogP contribution in [0.4, 0.5) is 0 Å². The fraction of sp³-hybridized carbons (Fsp3) is 1.00. The van der Waals surface area contributed by atoms with Crippen LogP contribution in [0.5, 0.6) is 0 Å². The van der Waals surface area contributed by atoms with Crippen molar-refractivity contribution < 1.29 is 0 Å². The zero-order valence-electron chi connectivity index (χ0n) is 8.05. The normalized spacial score (nSPS) is 31.2. The predicted octanol–water partition coefficient (Wildman–Crippen LogP) is 1.08. The maximum atomic E-state index is 3.36. The van der Waals surface area contributed by atoms with Gasteiger partial charge in [0.2, 0.25) is 0 Å². The molecule has 2 nitrogen and oxygen atoms in total. The first-order valence-corrected chi connectivity index (χ1v) is 5.28. The molecule has 2 rings (SSSR count). The summed E-state index contributed by atoms with van der Waals surface area (Å²) in [5.74, 6) is 1.10. The highest BCUT2D eigenvalue weighted by Crippen LogP contribution is 2.32. The molecule has 0 aromatic heterocycles. The molecular formula is C10H20N2. The summed E-state index contributed by atoms with van der Waals surface area (Å²) in [6.45, 7) is 3.95. The summed E-state index contributed by atoms with van der Waals surface area (Å²) in [6, 6.07) is 0.768. The average molecular weight is 168 g/mol. The van der Waals surface area contributed by atoms with Gasteiger partial charge in [-0.25, -0.2) is 0 Å². The van der Waals surface area contributed by atoms with Gasteiger partial charge in [-0.2, -0.15) is 0 Å². The number of hydrogen-bond donors (Lipinski definition) is 1. The molecule has 2 heteroatoms. The second kappa shape index (κ2) is 3.75. The van der Waals surface area contributed by atoms with Crippen LogP contribution in [0.2, 0.25) is 0 Å². The van der Waals surface area contributed by atoms with Crippen molar-refractivity contribution in [1.82, 2.24) is 10.2 Å². The Kier molecular flexibility index (Phi) is 2.66. The van der Waals surface area contributed by atoms with E-state index in [0.717, 1.165) is 12.0 Å². The second-order valence-corrected chi connectivity index (χ2v) is 4.31. The van der Waals surface area contributed by atoms with Gasteiger partial charge in [-0.1, -0.05) is 12.8 Å². The third kappa shape index (κ3) is 2.20. The van der Waals surface area contributed by atoms with Gasteiger partial charge in [-0.05, 0) is 38.9 Å². The van der Waals surface area contributed by atoms with Gasteiger partial charge < -0.3 is 10.2 Å². The molecular weight excluding hydrogens is 148 g/mol. The maximum Gasteiger partial charge on any atom is 0.0204 e. The van der Waals surface area contributed by atoms with Crippen LogP contribution >= 0.6 is 0 Å². The molecule has 1 aliphatic carbocycles. The van der Waals surface area contributed by atoms with E-state index in [1.165, 1.54) is 45.3 Å². The Morgan fingerprint density at radius 3 is 2.75 bits per heavy atom.